The second-order valence-corrected chi connectivity index (χ2v) is 7.24. The van der Waals surface area contributed by atoms with Gasteiger partial charge in [0, 0.05) is 11.6 Å². The summed E-state index contributed by atoms with van der Waals surface area (Å²) < 4.78 is 16.2. The Bertz CT molecular complexity index is 1030. The quantitative estimate of drug-likeness (QED) is 0.570. The SMILES string of the molecule is COc1ccc(-c2n[nH]c(CC(C)C)c2NC(=O)c2ccccc2OC)c(OC)c1. The number of rotatable bonds is 8. The summed E-state index contributed by atoms with van der Waals surface area (Å²) in [5.41, 5.74) is 3.28. The summed E-state index contributed by atoms with van der Waals surface area (Å²) in [6, 6.07) is 12.6. The zero-order chi connectivity index (χ0) is 21.7. The molecule has 30 heavy (non-hydrogen) atoms. The molecule has 0 radical (unpaired) electrons. The zero-order valence-electron chi connectivity index (χ0n) is 17.9. The van der Waals surface area contributed by atoms with E-state index in [1.54, 1.807) is 45.6 Å². The molecule has 7 nitrogen and oxygen atoms in total. The van der Waals surface area contributed by atoms with Crippen LogP contribution < -0.4 is 19.5 Å². The second kappa shape index (κ2) is 9.35. The number of methoxy groups -OCH3 is 3. The molecule has 0 saturated heterocycles. The number of amides is 1. The maximum atomic E-state index is 13.1. The highest BCUT2D eigenvalue weighted by atomic mass is 16.5. The van der Waals surface area contributed by atoms with Crippen molar-refractivity contribution in [1.82, 2.24) is 10.2 Å². The van der Waals surface area contributed by atoms with Gasteiger partial charge in [0.05, 0.1) is 38.3 Å². The van der Waals surface area contributed by atoms with Gasteiger partial charge < -0.3 is 19.5 Å². The van der Waals surface area contributed by atoms with Gasteiger partial charge in [0.1, 0.15) is 22.9 Å². The lowest BCUT2D eigenvalue weighted by molar-refractivity contribution is 0.102. The van der Waals surface area contributed by atoms with E-state index in [-0.39, 0.29) is 5.91 Å². The molecule has 0 spiro atoms. The van der Waals surface area contributed by atoms with Crippen molar-refractivity contribution in [3.63, 3.8) is 0 Å². The Hall–Kier alpha value is -3.48. The molecule has 0 aliphatic carbocycles. The van der Waals surface area contributed by atoms with Crippen LogP contribution in [0, 0.1) is 5.92 Å². The number of aromatic amines is 1. The van der Waals surface area contributed by atoms with E-state index in [1.165, 1.54) is 0 Å². The summed E-state index contributed by atoms with van der Waals surface area (Å²) >= 11 is 0. The molecule has 3 aromatic rings. The summed E-state index contributed by atoms with van der Waals surface area (Å²) in [5.74, 6) is 1.89. The number of hydrogen-bond donors (Lipinski definition) is 2. The summed E-state index contributed by atoms with van der Waals surface area (Å²) in [4.78, 5) is 13.1. The number of anilines is 1. The van der Waals surface area contributed by atoms with Crippen molar-refractivity contribution < 1.29 is 19.0 Å². The zero-order valence-corrected chi connectivity index (χ0v) is 17.9. The third-order valence-corrected chi connectivity index (χ3v) is 4.71. The van der Waals surface area contributed by atoms with E-state index in [1.807, 2.05) is 18.2 Å². The lowest BCUT2D eigenvalue weighted by Crippen LogP contribution is -2.15. The van der Waals surface area contributed by atoms with E-state index in [0.29, 0.717) is 40.1 Å². The number of ether oxygens (including phenoxy) is 3. The van der Waals surface area contributed by atoms with Gasteiger partial charge in [0.15, 0.2) is 0 Å². The molecular weight excluding hydrogens is 382 g/mol. The van der Waals surface area contributed by atoms with Crippen LogP contribution in [0.25, 0.3) is 11.3 Å². The monoisotopic (exact) mass is 409 g/mol. The molecular formula is C23H27N3O4. The predicted octanol–water partition coefficient (Wildman–Crippen LogP) is 4.55. The van der Waals surface area contributed by atoms with Gasteiger partial charge in [-0.25, -0.2) is 0 Å². The van der Waals surface area contributed by atoms with Crippen molar-refractivity contribution in [3.8, 4) is 28.5 Å². The normalized spacial score (nSPS) is 10.7. The van der Waals surface area contributed by atoms with Gasteiger partial charge >= 0.3 is 0 Å². The standard InChI is InChI=1S/C23H27N3O4/c1-14(2)12-18-22(24-23(27)17-8-6-7-9-19(17)29-4)21(26-25-18)16-11-10-15(28-3)13-20(16)30-5/h6-11,13-14H,12H2,1-5H3,(H,24,27)(H,25,26). The summed E-state index contributed by atoms with van der Waals surface area (Å²) in [7, 11) is 4.73. The first-order valence-electron chi connectivity index (χ1n) is 9.72. The molecule has 0 fully saturated rings. The summed E-state index contributed by atoms with van der Waals surface area (Å²) in [6.45, 7) is 4.22. The molecule has 1 aromatic heterocycles. The molecule has 158 valence electrons. The number of aromatic nitrogens is 2. The van der Waals surface area contributed by atoms with Crippen molar-refractivity contribution in [2.75, 3.05) is 26.6 Å². The van der Waals surface area contributed by atoms with E-state index in [4.69, 9.17) is 14.2 Å². The van der Waals surface area contributed by atoms with Gasteiger partial charge in [-0.3, -0.25) is 9.89 Å². The average molecular weight is 409 g/mol. The van der Waals surface area contributed by atoms with Crippen LogP contribution in [0.5, 0.6) is 17.2 Å². The predicted molar refractivity (Wildman–Crippen MR) is 117 cm³/mol. The van der Waals surface area contributed by atoms with E-state index >= 15 is 0 Å². The van der Waals surface area contributed by atoms with Crippen LogP contribution in [0.3, 0.4) is 0 Å². The van der Waals surface area contributed by atoms with Crippen LogP contribution in [-0.4, -0.2) is 37.4 Å². The highest BCUT2D eigenvalue weighted by Gasteiger charge is 2.22. The number of H-pyrrole nitrogens is 1. The Morgan fingerprint density at radius 2 is 1.77 bits per heavy atom. The minimum absolute atomic E-state index is 0.271. The average Bonchev–Trinajstić information content (AvgIpc) is 3.14. The Balaban J connectivity index is 2.07. The van der Waals surface area contributed by atoms with Crippen LogP contribution in [0.2, 0.25) is 0 Å². The van der Waals surface area contributed by atoms with Crippen LogP contribution in [0.15, 0.2) is 42.5 Å². The van der Waals surface area contributed by atoms with Crippen LogP contribution in [0.4, 0.5) is 5.69 Å². The molecule has 3 rings (SSSR count). The number of carbonyl (C=O) groups excluding carboxylic acids is 1. The first kappa shape index (κ1) is 21.2. The Kier molecular flexibility index (Phi) is 6.61. The number of para-hydroxylation sites is 1. The van der Waals surface area contributed by atoms with E-state index < -0.39 is 0 Å². The Labute approximate surface area is 176 Å². The number of carbonyl (C=O) groups is 1. The molecule has 0 aliphatic rings. The highest BCUT2D eigenvalue weighted by molar-refractivity contribution is 6.08. The van der Waals surface area contributed by atoms with E-state index in [2.05, 4.69) is 29.4 Å². The van der Waals surface area contributed by atoms with Crippen molar-refractivity contribution >= 4 is 11.6 Å². The van der Waals surface area contributed by atoms with E-state index in [9.17, 15) is 4.79 Å². The molecule has 2 N–H and O–H groups in total. The fraction of sp³-hybridized carbons (Fsp3) is 0.304. The Morgan fingerprint density at radius 3 is 2.43 bits per heavy atom. The second-order valence-electron chi connectivity index (χ2n) is 7.24. The van der Waals surface area contributed by atoms with Crippen LogP contribution in [0.1, 0.15) is 29.9 Å². The van der Waals surface area contributed by atoms with Gasteiger partial charge in [0.2, 0.25) is 0 Å². The lowest BCUT2D eigenvalue weighted by atomic mass is 10.0. The van der Waals surface area contributed by atoms with Crippen molar-refractivity contribution in [2.24, 2.45) is 5.92 Å². The summed E-state index contributed by atoms with van der Waals surface area (Å²) in [6.07, 6.45) is 0.729. The van der Waals surface area contributed by atoms with Gasteiger partial charge in [-0.2, -0.15) is 5.10 Å². The minimum atomic E-state index is -0.271. The maximum absolute atomic E-state index is 13.1. The molecule has 1 heterocycles. The van der Waals surface area contributed by atoms with Gasteiger partial charge in [-0.05, 0) is 36.6 Å². The first-order chi connectivity index (χ1) is 14.5. The molecule has 0 bridgehead atoms. The lowest BCUT2D eigenvalue weighted by Gasteiger charge is -2.13. The van der Waals surface area contributed by atoms with Crippen LogP contribution in [-0.2, 0) is 6.42 Å². The molecule has 7 heteroatoms. The molecule has 1 amide bonds. The first-order valence-corrected chi connectivity index (χ1v) is 9.72. The van der Waals surface area contributed by atoms with E-state index in [0.717, 1.165) is 17.7 Å². The van der Waals surface area contributed by atoms with Crippen molar-refractivity contribution in [1.29, 1.82) is 0 Å². The number of hydrogen-bond acceptors (Lipinski definition) is 5. The molecule has 0 saturated carbocycles. The van der Waals surface area contributed by atoms with Crippen LogP contribution >= 0.6 is 0 Å². The van der Waals surface area contributed by atoms with Crippen molar-refractivity contribution in [2.45, 2.75) is 20.3 Å². The smallest absolute Gasteiger partial charge is 0.259 e. The summed E-state index contributed by atoms with van der Waals surface area (Å²) in [5, 5.41) is 10.6. The molecule has 2 aromatic carbocycles. The largest absolute Gasteiger partial charge is 0.497 e. The number of benzene rings is 2. The van der Waals surface area contributed by atoms with Gasteiger partial charge in [0.25, 0.3) is 5.91 Å². The minimum Gasteiger partial charge on any atom is -0.497 e. The Morgan fingerprint density at radius 1 is 1.03 bits per heavy atom. The molecule has 0 atom stereocenters. The van der Waals surface area contributed by atoms with Gasteiger partial charge in [-0.1, -0.05) is 26.0 Å². The molecule has 0 aliphatic heterocycles. The number of nitrogens with one attached hydrogen (secondary N) is 2. The third kappa shape index (κ3) is 4.40. The fourth-order valence-corrected chi connectivity index (χ4v) is 3.27. The number of nitrogens with zero attached hydrogens (tertiary/aromatic N) is 1. The highest BCUT2D eigenvalue weighted by Crippen LogP contribution is 2.38. The third-order valence-electron chi connectivity index (χ3n) is 4.71. The maximum Gasteiger partial charge on any atom is 0.259 e. The fourth-order valence-electron chi connectivity index (χ4n) is 3.27. The topological polar surface area (TPSA) is 85.5 Å². The van der Waals surface area contributed by atoms with Gasteiger partial charge in [-0.15, -0.1) is 0 Å². The molecule has 0 unspecified atom stereocenters. The van der Waals surface area contributed by atoms with Crippen molar-refractivity contribution in [3.05, 3.63) is 53.7 Å².